The molecule has 0 saturated carbocycles. The van der Waals surface area contributed by atoms with Crippen molar-refractivity contribution in [3.05, 3.63) is 12.2 Å². The number of hydrogen-bond donors (Lipinski definition) is 4. The van der Waals surface area contributed by atoms with Crippen LogP contribution < -0.4 is 21.3 Å². The Bertz CT molecular complexity index is 1750. The number of nitrogens with one attached hydrogen (secondary N) is 4. The van der Waals surface area contributed by atoms with E-state index in [0.29, 0.717) is 145 Å². The van der Waals surface area contributed by atoms with Crippen molar-refractivity contribution in [2.75, 3.05) is 178 Å². The maximum atomic E-state index is 13.2. The Hall–Kier alpha value is -4.17. The molecule has 1 aliphatic heterocycles. The van der Waals surface area contributed by atoms with E-state index in [-0.39, 0.29) is 94.9 Å². The quantitative estimate of drug-likeness (QED) is 0.0326. The summed E-state index contributed by atoms with van der Waals surface area (Å²) in [7, 11) is 0. The predicted octanol–water partition coefficient (Wildman–Crippen LogP) is 10.1. The molecule has 0 saturated heterocycles. The van der Waals surface area contributed by atoms with Crippen molar-refractivity contribution in [3.63, 3.8) is 0 Å². The van der Waals surface area contributed by atoms with Crippen molar-refractivity contribution in [1.82, 2.24) is 31.1 Å². The summed E-state index contributed by atoms with van der Waals surface area (Å²) in [6.45, 7) is 13.3. The summed E-state index contributed by atoms with van der Waals surface area (Å²) in [5.41, 5.74) is 0. The average molecular weight is 1370 g/mol. The number of imide groups is 1. The zero-order valence-corrected chi connectivity index (χ0v) is 60.3. The lowest BCUT2D eigenvalue weighted by atomic mass is 10.0. The molecule has 0 bridgehead atoms. The van der Waals surface area contributed by atoms with E-state index in [0.717, 1.165) is 30.6 Å². The molecule has 23 nitrogen and oxygen atoms in total. The van der Waals surface area contributed by atoms with Crippen molar-refractivity contribution in [2.45, 2.75) is 239 Å². The number of unbranched alkanes of at least 4 members (excludes halogenated alkanes) is 28. The van der Waals surface area contributed by atoms with E-state index in [9.17, 15) is 33.6 Å². The number of hydrogen-bond acceptors (Lipinski definition) is 17. The molecule has 1 rings (SSSR count). The first-order chi connectivity index (χ1) is 47.2. The fraction of sp³-hybridized carbons (Fsp3) is 0.877. The number of ether oxygens (including phenoxy) is 10. The lowest BCUT2D eigenvalue weighted by Gasteiger charge is -2.24. The summed E-state index contributed by atoms with van der Waals surface area (Å²) in [5.74, 6) is -1.27. The Morgan fingerprint density at radius 3 is 0.802 bits per heavy atom. The maximum Gasteiger partial charge on any atom is 0.253 e. The second-order valence-corrected chi connectivity index (χ2v) is 24.7. The molecule has 0 aromatic heterocycles. The highest BCUT2D eigenvalue weighted by Crippen LogP contribution is 2.16. The molecule has 560 valence electrons. The minimum Gasteiger partial charge on any atom is -0.379 e. The Kier molecular flexibility index (Phi) is 67.5. The van der Waals surface area contributed by atoms with Gasteiger partial charge in [-0.3, -0.25) is 38.5 Å². The van der Waals surface area contributed by atoms with Gasteiger partial charge in [0.05, 0.1) is 132 Å². The van der Waals surface area contributed by atoms with E-state index >= 15 is 0 Å². The van der Waals surface area contributed by atoms with Crippen LogP contribution >= 0.6 is 0 Å². The molecular formula is C73H136N6O17. The van der Waals surface area contributed by atoms with E-state index in [1.807, 2.05) is 0 Å². The lowest BCUT2D eigenvalue weighted by molar-refractivity contribution is -0.139. The van der Waals surface area contributed by atoms with Crippen LogP contribution in [0.25, 0.3) is 0 Å². The summed E-state index contributed by atoms with van der Waals surface area (Å²) in [6, 6.07) is 0. The molecule has 0 aliphatic carbocycles. The first-order valence-corrected chi connectivity index (χ1v) is 37.8. The highest BCUT2D eigenvalue weighted by molar-refractivity contribution is 6.13. The number of carbonyl (C=O) groups excluding carboxylic acids is 7. The van der Waals surface area contributed by atoms with Gasteiger partial charge in [0.1, 0.15) is 0 Å². The van der Waals surface area contributed by atoms with Gasteiger partial charge in [-0.2, -0.15) is 0 Å². The van der Waals surface area contributed by atoms with Crippen molar-refractivity contribution < 1.29 is 80.9 Å². The second-order valence-electron chi connectivity index (χ2n) is 24.7. The largest absolute Gasteiger partial charge is 0.379 e. The van der Waals surface area contributed by atoms with Crippen LogP contribution in [0.3, 0.4) is 0 Å². The van der Waals surface area contributed by atoms with Gasteiger partial charge in [-0.05, 0) is 12.8 Å². The molecule has 0 aromatic rings. The molecule has 0 atom stereocenters. The van der Waals surface area contributed by atoms with Gasteiger partial charge in [0.15, 0.2) is 0 Å². The third kappa shape index (κ3) is 63.3. The van der Waals surface area contributed by atoms with Crippen LogP contribution in [-0.4, -0.2) is 229 Å². The number of amides is 7. The zero-order valence-electron chi connectivity index (χ0n) is 60.3. The van der Waals surface area contributed by atoms with Crippen LogP contribution in [0.2, 0.25) is 0 Å². The van der Waals surface area contributed by atoms with Crippen LogP contribution in [0.1, 0.15) is 239 Å². The lowest BCUT2D eigenvalue weighted by Crippen LogP contribution is -2.40. The minimum atomic E-state index is -0.444. The van der Waals surface area contributed by atoms with Crippen molar-refractivity contribution >= 4 is 41.4 Å². The molecule has 0 unspecified atom stereocenters. The smallest absolute Gasteiger partial charge is 0.253 e. The summed E-state index contributed by atoms with van der Waals surface area (Å²) in [5, 5.41) is 11.4. The molecule has 7 amide bonds. The van der Waals surface area contributed by atoms with E-state index in [1.54, 1.807) is 4.90 Å². The molecule has 0 aromatic carbocycles. The van der Waals surface area contributed by atoms with Gasteiger partial charge >= 0.3 is 0 Å². The Labute approximate surface area is 579 Å². The fourth-order valence-corrected chi connectivity index (χ4v) is 10.5. The topological polar surface area (TPSA) is 266 Å². The molecule has 0 fully saturated rings. The van der Waals surface area contributed by atoms with Gasteiger partial charge in [-0.15, -0.1) is 0 Å². The van der Waals surface area contributed by atoms with E-state index in [1.165, 1.54) is 179 Å². The van der Waals surface area contributed by atoms with Crippen LogP contribution in [0.15, 0.2) is 12.2 Å². The van der Waals surface area contributed by atoms with E-state index in [4.69, 9.17) is 47.4 Å². The third-order valence-electron chi connectivity index (χ3n) is 16.3. The Morgan fingerprint density at radius 1 is 0.292 bits per heavy atom. The van der Waals surface area contributed by atoms with Gasteiger partial charge in [0.25, 0.3) is 11.8 Å². The number of rotatable bonds is 77. The first kappa shape index (κ1) is 89.8. The van der Waals surface area contributed by atoms with Gasteiger partial charge in [0.2, 0.25) is 29.5 Å². The zero-order chi connectivity index (χ0) is 69.4. The minimum absolute atomic E-state index is 0.0254. The average Bonchev–Trinajstić information content (AvgIpc) is 1.78. The van der Waals surface area contributed by atoms with E-state index in [2.05, 4.69) is 35.1 Å². The first-order valence-electron chi connectivity index (χ1n) is 37.8. The van der Waals surface area contributed by atoms with Gasteiger partial charge in [-0.25, -0.2) is 0 Å². The van der Waals surface area contributed by atoms with Crippen LogP contribution in [0.5, 0.6) is 0 Å². The highest BCUT2D eigenvalue weighted by atomic mass is 16.6. The van der Waals surface area contributed by atoms with Crippen LogP contribution in [0, 0.1) is 0 Å². The molecule has 1 aliphatic rings. The Balaban J connectivity index is 1.96. The maximum absolute atomic E-state index is 13.2. The standard InChI is InChI=1S/C73H136N6O17/c1-3-5-7-9-11-13-15-17-19-21-23-25-27-29-31-33-67(80)74-40-49-89-51-42-76-69(82)38-47-87-55-59-93-63-65-95-61-57-91-53-45-78(71(84)37-44-79-72(85)35-36-73(79)86)46-54-92-58-62-96-66-64-94-60-56-88-48-39-70(83)77-43-52-90-50-41-75-68(81)34-32-30-28-26-24-22-20-18-16-14-12-10-8-6-4-2/h35-36H,3-34,37-66H2,1-2H3,(H,74,80)(H,75,81)(H,76,82)(H,77,83). The Morgan fingerprint density at radius 2 is 0.521 bits per heavy atom. The molecule has 0 spiro atoms. The molecular weight excluding hydrogens is 1230 g/mol. The number of carbonyl (C=O) groups is 7. The van der Waals surface area contributed by atoms with Crippen molar-refractivity contribution in [2.24, 2.45) is 0 Å². The van der Waals surface area contributed by atoms with Gasteiger partial charge < -0.3 is 73.5 Å². The normalized spacial score (nSPS) is 12.1. The summed E-state index contributed by atoms with van der Waals surface area (Å²) >= 11 is 0. The predicted molar refractivity (Wildman–Crippen MR) is 376 cm³/mol. The summed E-state index contributed by atoms with van der Waals surface area (Å²) < 4.78 is 55.9. The van der Waals surface area contributed by atoms with Crippen molar-refractivity contribution in [1.29, 1.82) is 0 Å². The molecule has 4 N–H and O–H groups in total. The molecule has 96 heavy (non-hydrogen) atoms. The van der Waals surface area contributed by atoms with Crippen LogP contribution in [-0.2, 0) is 80.9 Å². The number of nitrogens with zero attached hydrogens (tertiary/aromatic N) is 2. The monoisotopic (exact) mass is 1370 g/mol. The second kappa shape index (κ2) is 72.1. The van der Waals surface area contributed by atoms with Gasteiger partial charge in [-0.1, -0.05) is 194 Å². The summed E-state index contributed by atoms with van der Waals surface area (Å²) in [4.78, 5) is 88.4. The van der Waals surface area contributed by atoms with E-state index < -0.39 is 11.8 Å². The van der Waals surface area contributed by atoms with Gasteiger partial charge in [0, 0.05) is 90.1 Å². The molecule has 1 heterocycles. The molecule has 23 heteroatoms. The highest BCUT2D eigenvalue weighted by Gasteiger charge is 2.25. The third-order valence-corrected chi connectivity index (χ3v) is 16.3. The molecule has 0 radical (unpaired) electrons. The SMILES string of the molecule is CCCCCCCCCCCCCCCCCC(=O)NCCOCCNC(=O)CCOCCOCCOCCOCCN(CCOCCOCCOCCOCCC(=O)NCCOCCNC(=O)CCCCCCCCCCCCCCCCC)C(=O)CCN1C(=O)C=CC1=O. The van der Waals surface area contributed by atoms with Crippen molar-refractivity contribution in [3.8, 4) is 0 Å². The van der Waals surface area contributed by atoms with Crippen LogP contribution in [0.4, 0.5) is 0 Å². The summed E-state index contributed by atoms with van der Waals surface area (Å²) in [6.07, 6.45) is 42.9. The fourth-order valence-electron chi connectivity index (χ4n) is 10.5.